The van der Waals surface area contributed by atoms with E-state index in [-0.39, 0.29) is 29.9 Å². The minimum Gasteiger partial charge on any atom is -0.465 e. The molecule has 2 unspecified atom stereocenters. The molecular weight excluding hydrogens is 376 g/mol. The molecule has 2 atom stereocenters. The second-order valence-corrected chi connectivity index (χ2v) is 10.8. The first kappa shape index (κ1) is 22.1. The van der Waals surface area contributed by atoms with Crippen LogP contribution in [-0.4, -0.2) is 24.6 Å². The topological polar surface area (TPSA) is 52.6 Å². The normalized spacial score (nSPS) is 37.2. The van der Waals surface area contributed by atoms with Crippen LogP contribution < -0.4 is 0 Å². The summed E-state index contributed by atoms with van der Waals surface area (Å²) in [7, 11) is 0. The number of esters is 2. The Morgan fingerprint density at radius 1 is 0.733 bits per heavy atom. The Kier molecular flexibility index (Phi) is 7.75. The van der Waals surface area contributed by atoms with E-state index in [1.54, 1.807) is 0 Å². The third-order valence-electron chi connectivity index (χ3n) is 8.51. The Hall–Kier alpha value is -1.06. The highest BCUT2D eigenvalue weighted by atomic mass is 16.5. The van der Waals surface area contributed by atoms with Gasteiger partial charge in [-0.15, -0.1) is 0 Å². The molecule has 5 rings (SSSR count). The van der Waals surface area contributed by atoms with E-state index in [1.807, 2.05) is 0 Å². The van der Waals surface area contributed by atoms with E-state index in [9.17, 15) is 9.59 Å². The van der Waals surface area contributed by atoms with Crippen LogP contribution in [0.2, 0.25) is 0 Å². The lowest BCUT2D eigenvalue weighted by Crippen LogP contribution is -2.51. The van der Waals surface area contributed by atoms with E-state index in [0.29, 0.717) is 18.4 Å². The number of rotatable bonds is 10. The fourth-order valence-electron chi connectivity index (χ4n) is 7.15. The van der Waals surface area contributed by atoms with Crippen molar-refractivity contribution >= 4 is 11.9 Å². The van der Waals surface area contributed by atoms with E-state index in [0.717, 1.165) is 50.4 Å². The highest BCUT2D eigenvalue weighted by Crippen LogP contribution is 2.55. The van der Waals surface area contributed by atoms with Gasteiger partial charge in [-0.2, -0.15) is 0 Å². The number of hydrogen-bond acceptors (Lipinski definition) is 4. The average molecular weight is 419 g/mol. The molecule has 30 heavy (non-hydrogen) atoms. The van der Waals surface area contributed by atoms with Crippen LogP contribution >= 0.6 is 0 Å². The second kappa shape index (κ2) is 10.5. The van der Waals surface area contributed by atoms with Gasteiger partial charge in [0.25, 0.3) is 0 Å². The van der Waals surface area contributed by atoms with E-state index in [1.165, 1.54) is 57.8 Å². The molecule has 0 spiro atoms. The highest BCUT2D eigenvalue weighted by molar-refractivity contribution is 5.82. The second-order valence-electron chi connectivity index (χ2n) is 10.8. The van der Waals surface area contributed by atoms with Crippen LogP contribution in [0.3, 0.4) is 0 Å². The molecule has 0 heterocycles. The summed E-state index contributed by atoms with van der Waals surface area (Å²) in [5, 5.41) is 0. The molecular formula is C26H42O4. The summed E-state index contributed by atoms with van der Waals surface area (Å²) < 4.78 is 11.8. The van der Waals surface area contributed by atoms with Crippen molar-refractivity contribution in [3.63, 3.8) is 0 Å². The first-order valence-corrected chi connectivity index (χ1v) is 13.0. The van der Waals surface area contributed by atoms with E-state index in [2.05, 4.69) is 6.92 Å². The van der Waals surface area contributed by atoms with E-state index >= 15 is 0 Å². The fourth-order valence-corrected chi connectivity index (χ4v) is 7.15. The number of unbranched alkanes of at least 4 members (excludes halogenated alkanes) is 5. The Morgan fingerprint density at radius 3 is 1.93 bits per heavy atom. The number of hydrogen-bond donors (Lipinski definition) is 0. The standard InChI is InChI=1S/C26H42O4/c1-2-3-4-5-6-9-12-29-25(27)22-10-7-8-11-23(22)26(28)30-24-20-14-18-13-19(16-20)17-21(24)15-18/h18-24H,2-17H2,1H3. The summed E-state index contributed by atoms with van der Waals surface area (Å²) in [4.78, 5) is 25.9. The maximum absolute atomic E-state index is 13.2. The minimum absolute atomic E-state index is 0.103. The van der Waals surface area contributed by atoms with Gasteiger partial charge in [-0.05, 0) is 75.0 Å². The molecule has 5 aliphatic rings. The molecule has 0 saturated heterocycles. The molecule has 5 fully saturated rings. The van der Waals surface area contributed by atoms with Crippen LogP contribution in [0.4, 0.5) is 0 Å². The van der Waals surface area contributed by atoms with Crippen molar-refractivity contribution in [1.29, 1.82) is 0 Å². The van der Waals surface area contributed by atoms with Gasteiger partial charge in [-0.25, -0.2) is 0 Å². The lowest BCUT2D eigenvalue weighted by Gasteiger charge is -2.53. The smallest absolute Gasteiger partial charge is 0.310 e. The Balaban J connectivity index is 1.25. The zero-order valence-electron chi connectivity index (χ0n) is 19.0. The molecule has 4 heteroatoms. The average Bonchev–Trinajstić information content (AvgIpc) is 2.75. The van der Waals surface area contributed by atoms with Crippen molar-refractivity contribution in [2.24, 2.45) is 35.5 Å². The molecule has 4 nitrogen and oxygen atoms in total. The summed E-state index contributed by atoms with van der Waals surface area (Å²) in [5.74, 6) is 2.07. The third-order valence-corrected chi connectivity index (χ3v) is 8.51. The van der Waals surface area contributed by atoms with Crippen LogP contribution in [0.15, 0.2) is 0 Å². The number of carbonyl (C=O) groups excluding carboxylic acids is 2. The van der Waals surface area contributed by atoms with Gasteiger partial charge < -0.3 is 9.47 Å². The zero-order chi connectivity index (χ0) is 20.9. The largest absolute Gasteiger partial charge is 0.465 e. The predicted octanol–water partition coefficient (Wildman–Crippen LogP) is 6.06. The van der Waals surface area contributed by atoms with Crippen molar-refractivity contribution in [2.75, 3.05) is 6.61 Å². The molecule has 0 amide bonds. The summed E-state index contributed by atoms with van der Waals surface area (Å²) in [6.45, 7) is 2.72. The predicted molar refractivity (Wildman–Crippen MR) is 117 cm³/mol. The molecule has 0 radical (unpaired) electrons. The molecule has 170 valence electrons. The van der Waals surface area contributed by atoms with Gasteiger partial charge in [0.2, 0.25) is 0 Å². The Labute approximate surface area is 182 Å². The lowest BCUT2D eigenvalue weighted by molar-refractivity contribution is -0.181. The highest BCUT2D eigenvalue weighted by Gasteiger charge is 2.51. The molecule has 5 saturated carbocycles. The SMILES string of the molecule is CCCCCCCCOC(=O)C1CCCCC1C(=O)OC1C2CC3CC(C2)CC1C3. The van der Waals surface area contributed by atoms with Crippen molar-refractivity contribution in [3.8, 4) is 0 Å². The molecule has 0 aromatic heterocycles. The molecule has 4 bridgehead atoms. The zero-order valence-corrected chi connectivity index (χ0v) is 19.0. The number of carbonyl (C=O) groups is 2. The fraction of sp³-hybridized carbons (Fsp3) is 0.923. The molecule has 0 aromatic rings. The maximum atomic E-state index is 13.2. The first-order chi connectivity index (χ1) is 14.7. The van der Waals surface area contributed by atoms with Crippen LogP contribution in [0.5, 0.6) is 0 Å². The molecule has 5 aliphatic carbocycles. The Morgan fingerprint density at radius 2 is 1.30 bits per heavy atom. The lowest BCUT2D eigenvalue weighted by atomic mass is 9.55. The molecule has 0 N–H and O–H groups in total. The van der Waals surface area contributed by atoms with Crippen molar-refractivity contribution in [1.82, 2.24) is 0 Å². The van der Waals surface area contributed by atoms with Gasteiger partial charge >= 0.3 is 11.9 Å². The maximum Gasteiger partial charge on any atom is 0.310 e. The number of ether oxygens (including phenoxy) is 2. The van der Waals surface area contributed by atoms with Gasteiger partial charge in [0.1, 0.15) is 6.10 Å². The van der Waals surface area contributed by atoms with Gasteiger partial charge in [0.05, 0.1) is 18.4 Å². The van der Waals surface area contributed by atoms with Crippen molar-refractivity contribution in [2.45, 2.75) is 109 Å². The van der Waals surface area contributed by atoms with Crippen LogP contribution in [0, 0.1) is 35.5 Å². The van der Waals surface area contributed by atoms with Crippen molar-refractivity contribution in [3.05, 3.63) is 0 Å². The minimum atomic E-state index is -0.289. The quantitative estimate of drug-likeness (QED) is 0.319. The van der Waals surface area contributed by atoms with E-state index in [4.69, 9.17) is 9.47 Å². The van der Waals surface area contributed by atoms with E-state index < -0.39 is 0 Å². The van der Waals surface area contributed by atoms with Crippen LogP contribution in [0.1, 0.15) is 103 Å². The van der Waals surface area contributed by atoms with Crippen LogP contribution in [-0.2, 0) is 19.1 Å². The van der Waals surface area contributed by atoms with Gasteiger partial charge in [0, 0.05) is 0 Å². The summed E-state index contributed by atoms with van der Waals surface area (Å²) in [6, 6.07) is 0. The van der Waals surface area contributed by atoms with Crippen LogP contribution in [0.25, 0.3) is 0 Å². The first-order valence-electron chi connectivity index (χ1n) is 13.0. The van der Waals surface area contributed by atoms with Gasteiger partial charge in [-0.3, -0.25) is 9.59 Å². The third kappa shape index (κ3) is 5.22. The molecule has 0 aromatic carbocycles. The molecule has 0 aliphatic heterocycles. The monoisotopic (exact) mass is 418 g/mol. The van der Waals surface area contributed by atoms with Gasteiger partial charge in [0.15, 0.2) is 0 Å². The van der Waals surface area contributed by atoms with Crippen molar-refractivity contribution < 1.29 is 19.1 Å². The summed E-state index contributed by atoms with van der Waals surface area (Å²) >= 11 is 0. The van der Waals surface area contributed by atoms with Gasteiger partial charge in [-0.1, -0.05) is 51.9 Å². The Bertz CT molecular complexity index is 558. The summed E-state index contributed by atoms with van der Waals surface area (Å²) in [6.07, 6.45) is 17.2. The summed E-state index contributed by atoms with van der Waals surface area (Å²) in [5.41, 5.74) is 0.